The van der Waals surface area contributed by atoms with Gasteiger partial charge in [-0.15, -0.1) is 0 Å². The van der Waals surface area contributed by atoms with E-state index in [1.165, 1.54) is 5.56 Å². The Balaban J connectivity index is 1.52. The molecule has 3 heterocycles. The maximum atomic E-state index is 5.97. The Morgan fingerprint density at radius 2 is 2.08 bits per heavy atom. The molecule has 1 unspecified atom stereocenters. The van der Waals surface area contributed by atoms with Crippen molar-refractivity contribution in [2.75, 3.05) is 38.7 Å². The van der Waals surface area contributed by atoms with Crippen molar-refractivity contribution in [2.45, 2.75) is 32.4 Å². The smallest absolute Gasteiger partial charge is 0.128 e. The van der Waals surface area contributed by atoms with Crippen LogP contribution >= 0.6 is 0 Å². The molecule has 1 aliphatic heterocycles. The summed E-state index contributed by atoms with van der Waals surface area (Å²) < 4.78 is 5.97. The molecule has 134 valence electrons. The highest BCUT2D eigenvalue weighted by molar-refractivity contribution is 5.39. The van der Waals surface area contributed by atoms with Gasteiger partial charge in [0.15, 0.2) is 0 Å². The van der Waals surface area contributed by atoms with E-state index >= 15 is 0 Å². The van der Waals surface area contributed by atoms with Gasteiger partial charge in [-0.1, -0.05) is 0 Å². The minimum Gasteiger partial charge on any atom is -0.376 e. The molecule has 0 aliphatic carbocycles. The number of aromatic nitrogens is 3. The molecule has 0 saturated carbocycles. The van der Waals surface area contributed by atoms with Gasteiger partial charge in [-0.25, -0.2) is 15.0 Å². The molecule has 2 aromatic rings. The highest BCUT2D eigenvalue weighted by Crippen LogP contribution is 2.16. The number of pyridine rings is 1. The van der Waals surface area contributed by atoms with E-state index in [2.05, 4.69) is 32.0 Å². The summed E-state index contributed by atoms with van der Waals surface area (Å²) in [5, 5.41) is 0. The molecule has 1 fully saturated rings. The van der Waals surface area contributed by atoms with E-state index in [9.17, 15) is 0 Å². The van der Waals surface area contributed by atoms with Gasteiger partial charge in [-0.3, -0.25) is 4.90 Å². The summed E-state index contributed by atoms with van der Waals surface area (Å²) >= 11 is 0. The van der Waals surface area contributed by atoms with Crippen LogP contribution in [0.3, 0.4) is 0 Å². The summed E-state index contributed by atoms with van der Waals surface area (Å²) in [6, 6.07) is 6.25. The first-order valence-corrected chi connectivity index (χ1v) is 8.85. The summed E-state index contributed by atoms with van der Waals surface area (Å²) in [5.41, 5.74) is 2.39. The number of nitrogens with zero attached hydrogens (tertiary/aromatic N) is 5. The Morgan fingerprint density at radius 3 is 2.88 bits per heavy atom. The van der Waals surface area contributed by atoms with E-state index in [-0.39, 0.29) is 6.10 Å². The van der Waals surface area contributed by atoms with Crippen LogP contribution < -0.4 is 4.90 Å². The van der Waals surface area contributed by atoms with Crippen molar-refractivity contribution in [3.05, 3.63) is 47.7 Å². The maximum Gasteiger partial charge on any atom is 0.128 e. The minimum absolute atomic E-state index is 0.271. The molecule has 0 spiro atoms. The number of anilines is 1. The second kappa shape index (κ2) is 8.36. The number of ether oxygens (including phenoxy) is 1. The van der Waals surface area contributed by atoms with Gasteiger partial charge in [0.25, 0.3) is 0 Å². The van der Waals surface area contributed by atoms with Crippen molar-refractivity contribution in [3.63, 3.8) is 0 Å². The molecule has 0 amide bonds. The topological polar surface area (TPSA) is 54.4 Å². The predicted octanol–water partition coefficient (Wildman–Crippen LogP) is 2.08. The van der Waals surface area contributed by atoms with Gasteiger partial charge in [0.2, 0.25) is 0 Å². The molecule has 3 rings (SSSR count). The normalized spacial score (nSPS) is 18.3. The molecule has 6 heteroatoms. The zero-order valence-electron chi connectivity index (χ0n) is 15.4. The highest BCUT2D eigenvalue weighted by Gasteiger charge is 2.20. The molecule has 1 saturated heterocycles. The van der Waals surface area contributed by atoms with Gasteiger partial charge >= 0.3 is 0 Å². The average molecular weight is 341 g/mol. The number of aryl methyl sites for hydroxylation is 2. The summed E-state index contributed by atoms with van der Waals surface area (Å²) in [7, 11) is 4.03. The van der Waals surface area contributed by atoms with E-state index in [1.54, 1.807) is 0 Å². The van der Waals surface area contributed by atoms with Crippen molar-refractivity contribution >= 4 is 5.82 Å². The lowest BCUT2D eigenvalue weighted by Crippen LogP contribution is -2.42. The first kappa shape index (κ1) is 17.8. The fraction of sp³-hybridized carbons (Fsp3) is 0.526. The molecule has 0 N–H and O–H groups in total. The van der Waals surface area contributed by atoms with Crippen LogP contribution in [0.15, 0.2) is 30.6 Å². The van der Waals surface area contributed by atoms with Crippen molar-refractivity contribution in [1.29, 1.82) is 0 Å². The lowest BCUT2D eigenvalue weighted by Gasteiger charge is -2.32. The van der Waals surface area contributed by atoms with Gasteiger partial charge in [-0.2, -0.15) is 0 Å². The SMILES string of the molecule is Cc1nccc(CN2CCOC(CCc3ccnc(N(C)C)c3)C2)n1. The van der Waals surface area contributed by atoms with Crippen molar-refractivity contribution in [3.8, 4) is 0 Å². The van der Waals surface area contributed by atoms with Crippen LogP contribution in [0.2, 0.25) is 0 Å². The quantitative estimate of drug-likeness (QED) is 0.802. The minimum atomic E-state index is 0.271. The van der Waals surface area contributed by atoms with E-state index in [4.69, 9.17) is 4.74 Å². The Bertz CT molecular complexity index is 691. The Kier molecular flexibility index (Phi) is 5.94. The summed E-state index contributed by atoms with van der Waals surface area (Å²) in [6.45, 7) is 5.49. The fourth-order valence-corrected chi connectivity index (χ4v) is 3.11. The molecule has 0 radical (unpaired) electrons. The van der Waals surface area contributed by atoms with Crippen LogP contribution in [0.4, 0.5) is 5.82 Å². The van der Waals surface area contributed by atoms with Crippen LogP contribution in [-0.2, 0) is 17.7 Å². The lowest BCUT2D eigenvalue weighted by molar-refractivity contribution is -0.0349. The van der Waals surface area contributed by atoms with Gasteiger partial charge in [-0.05, 0) is 43.5 Å². The van der Waals surface area contributed by atoms with Gasteiger partial charge in [0.1, 0.15) is 11.6 Å². The third-order valence-corrected chi connectivity index (χ3v) is 4.47. The maximum absolute atomic E-state index is 5.97. The van der Waals surface area contributed by atoms with Crippen LogP contribution in [0.25, 0.3) is 0 Å². The standard InChI is InChI=1S/C19H27N5O/c1-15-20-9-7-17(22-15)13-24-10-11-25-18(14-24)5-4-16-6-8-21-19(12-16)23(2)3/h6-9,12,18H,4-5,10-11,13-14H2,1-3H3. The predicted molar refractivity (Wildman–Crippen MR) is 98.7 cm³/mol. The zero-order chi connectivity index (χ0) is 17.6. The van der Waals surface area contributed by atoms with Gasteiger partial charge in [0, 0.05) is 46.1 Å². The first-order chi connectivity index (χ1) is 12.1. The van der Waals surface area contributed by atoms with E-state index in [1.807, 2.05) is 44.4 Å². The third-order valence-electron chi connectivity index (χ3n) is 4.47. The lowest BCUT2D eigenvalue weighted by atomic mass is 10.1. The fourth-order valence-electron chi connectivity index (χ4n) is 3.11. The Morgan fingerprint density at radius 1 is 1.24 bits per heavy atom. The van der Waals surface area contributed by atoms with Crippen LogP contribution in [0, 0.1) is 6.92 Å². The van der Waals surface area contributed by atoms with Crippen molar-refractivity contribution < 1.29 is 4.74 Å². The van der Waals surface area contributed by atoms with Crippen LogP contribution in [0.1, 0.15) is 23.5 Å². The zero-order valence-corrected chi connectivity index (χ0v) is 15.4. The molecular weight excluding hydrogens is 314 g/mol. The van der Waals surface area contributed by atoms with E-state index < -0.39 is 0 Å². The van der Waals surface area contributed by atoms with Gasteiger partial charge in [0.05, 0.1) is 18.4 Å². The molecule has 0 bridgehead atoms. The average Bonchev–Trinajstić information content (AvgIpc) is 2.60. The van der Waals surface area contributed by atoms with Crippen molar-refractivity contribution in [1.82, 2.24) is 19.9 Å². The van der Waals surface area contributed by atoms with Crippen molar-refractivity contribution in [2.24, 2.45) is 0 Å². The van der Waals surface area contributed by atoms with E-state index in [0.29, 0.717) is 0 Å². The molecule has 25 heavy (non-hydrogen) atoms. The molecule has 0 aromatic carbocycles. The molecule has 6 nitrogen and oxygen atoms in total. The number of rotatable bonds is 6. The van der Waals surface area contributed by atoms with E-state index in [0.717, 1.165) is 56.4 Å². The van der Waals surface area contributed by atoms with Crippen LogP contribution in [0.5, 0.6) is 0 Å². The first-order valence-electron chi connectivity index (χ1n) is 8.85. The largest absolute Gasteiger partial charge is 0.376 e. The van der Waals surface area contributed by atoms with Crippen LogP contribution in [-0.4, -0.2) is 59.7 Å². The summed E-state index contributed by atoms with van der Waals surface area (Å²) in [5.74, 6) is 1.83. The second-order valence-electron chi connectivity index (χ2n) is 6.78. The number of morpholine rings is 1. The Hall–Kier alpha value is -2.05. The number of hydrogen-bond donors (Lipinski definition) is 0. The second-order valence-corrected chi connectivity index (χ2v) is 6.78. The Labute approximate surface area is 149 Å². The molecule has 1 atom stereocenters. The molecule has 1 aliphatic rings. The van der Waals surface area contributed by atoms with Gasteiger partial charge < -0.3 is 9.64 Å². The molecular formula is C19H27N5O. The molecule has 2 aromatic heterocycles. The highest BCUT2D eigenvalue weighted by atomic mass is 16.5. The monoisotopic (exact) mass is 341 g/mol. The summed E-state index contributed by atoms with van der Waals surface area (Å²) in [4.78, 5) is 17.5. The third kappa shape index (κ3) is 5.21. The number of hydrogen-bond acceptors (Lipinski definition) is 6. The summed E-state index contributed by atoms with van der Waals surface area (Å²) in [6.07, 6.45) is 6.02.